The number of methoxy groups -OCH3 is 1. The van der Waals surface area contributed by atoms with Crippen LogP contribution in [0.15, 0.2) is 18.2 Å². The summed E-state index contributed by atoms with van der Waals surface area (Å²) in [5.41, 5.74) is 7.99. The summed E-state index contributed by atoms with van der Waals surface area (Å²) < 4.78 is 5.31. The van der Waals surface area contributed by atoms with Crippen molar-refractivity contribution in [3.8, 4) is 5.75 Å². The Labute approximate surface area is 114 Å². The Morgan fingerprint density at radius 3 is 2.67 bits per heavy atom. The van der Waals surface area contributed by atoms with E-state index in [1.54, 1.807) is 7.11 Å². The zero-order valence-corrected chi connectivity index (χ0v) is 12.0. The molecule has 1 fully saturated rings. The highest BCUT2D eigenvalue weighted by atomic mass is 32.1. The molecule has 1 heterocycles. The first-order chi connectivity index (χ1) is 8.45. The molecule has 0 saturated carbocycles. The number of anilines is 1. The number of rotatable bonds is 3. The van der Waals surface area contributed by atoms with Crippen LogP contribution < -0.4 is 15.4 Å². The lowest BCUT2D eigenvalue weighted by Crippen LogP contribution is -2.39. The van der Waals surface area contributed by atoms with E-state index in [1.807, 2.05) is 18.2 Å². The van der Waals surface area contributed by atoms with E-state index in [0.717, 1.165) is 23.5 Å². The van der Waals surface area contributed by atoms with Crippen molar-refractivity contribution in [3.63, 3.8) is 0 Å². The van der Waals surface area contributed by atoms with Gasteiger partial charge in [0.2, 0.25) is 0 Å². The Hall–Kier alpha value is -1.29. The maximum Gasteiger partial charge on any atom is 0.120 e. The van der Waals surface area contributed by atoms with Crippen molar-refractivity contribution in [2.24, 2.45) is 5.73 Å². The average molecular weight is 264 g/mol. The van der Waals surface area contributed by atoms with E-state index in [4.69, 9.17) is 22.7 Å². The zero-order valence-electron chi connectivity index (χ0n) is 11.2. The Morgan fingerprint density at radius 1 is 1.44 bits per heavy atom. The average Bonchev–Trinajstić information content (AvgIpc) is 2.67. The standard InChI is InChI=1S/C14H20N2OS/c1-14(2)7-4-8-16(14)12-9-10(17-3)5-6-11(12)13(15)18/h5-6,9H,4,7-8H2,1-3H3,(H2,15,18). The molecule has 0 radical (unpaired) electrons. The molecule has 2 rings (SSSR count). The summed E-state index contributed by atoms with van der Waals surface area (Å²) >= 11 is 5.15. The molecule has 98 valence electrons. The Bertz CT molecular complexity index is 471. The van der Waals surface area contributed by atoms with E-state index in [9.17, 15) is 0 Å². The van der Waals surface area contributed by atoms with Crippen molar-refractivity contribution in [2.45, 2.75) is 32.2 Å². The topological polar surface area (TPSA) is 38.5 Å². The molecule has 1 aromatic rings. The molecule has 1 saturated heterocycles. The third kappa shape index (κ3) is 2.29. The minimum atomic E-state index is 0.145. The summed E-state index contributed by atoms with van der Waals surface area (Å²) in [4.78, 5) is 2.82. The van der Waals surface area contributed by atoms with E-state index in [0.29, 0.717) is 4.99 Å². The molecule has 0 aliphatic carbocycles. The van der Waals surface area contributed by atoms with E-state index in [2.05, 4.69) is 18.7 Å². The second kappa shape index (κ2) is 4.76. The van der Waals surface area contributed by atoms with Gasteiger partial charge in [-0.1, -0.05) is 12.2 Å². The molecule has 0 atom stereocenters. The van der Waals surface area contributed by atoms with Gasteiger partial charge in [-0.2, -0.15) is 0 Å². The molecule has 0 amide bonds. The van der Waals surface area contributed by atoms with Gasteiger partial charge in [0.05, 0.1) is 12.8 Å². The largest absolute Gasteiger partial charge is 0.497 e. The fourth-order valence-electron chi connectivity index (χ4n) is 2.62. The minimum absolute atomic E-state index is 0.145. The lowest BCUT2D eigenvalue weighted by Gasteiger charge is -2.35. The van der Waals surface area contributed by atoms with Crippen molar-refractivity contribution in [1.29, 1.82) is 0 Å². The van der Waals surface area contributed by atoms with Gasteiger partial charge in [0.15, 0.2) is 0 Å². The van der Waals surface area contributed by atoms with Gasteiger partial charge in [0.1, 0.15) is 10.7 Å². The van der Waals surface area contributed by atoms with Gasteiger partial charge in [0.25, 0.3) is 0 Å². The molecule has 1 aromatic carbocycles. The number of nitrogens with zero attached hydrogens (tertiary/aromatic N) is 1. The Morgan fingerprint density at radius 2 is 2.17 bits per heavy atom. The summed E-state index contributed by atoms with van der Waals surface area (Å²) in [6.07, 6.45) is 2.38. The number of hydrogen-bond donors (Lipinski definition) is 1. The number of hydrogen-bond acceptors (Lipinski definition) is 3. The van der Waals surface area contributed by atoms with Crippen LogP contribution in [0.4, 0.5) is 5.69 Å². The summed E-state index contributed by atoms with van der Waals surface area (Å²) in [5.74, 6) is 0.840. The smallest absolute Gasteiger partial charge is 0.120 e. The number of benzene rings is 1. The Balaban J connectivity index is 2.50. The van der Waals surface area contributed by atoms with Crippen LogP contribution in [0.1, 0.15) is 32.3 Å². The van der Waals surface area contributed by atoms with E-state index >= 15 is 0 Å². The van der Waals surface area contributed by atoms with Gasteiger partial charge in [-0.05, 0) is 38.8 Å². The van der Waals surface area contributed by atoms with Gasteiger partial charge in [0, 0.05) is 23.7 Å². The third-order valence-electron chi connectivity index (χ3n) is 3.66. The van der Waals surface area contributed by atoms with E-state index < -0.39 is 0 Å². The summed E-state index contributed by atoms with van der Waals surface area (Å²) in [7, 11) is 1.68. The highest BCUT2D eigenvalue weighted by Gasteiger charge is 2.33. The molecule has 0 spiro atoms. The first kappa shape index (κ1) is 13.1. The van der Waals surface area contributed by atoms with Gasteiger partial charge in [-0.3, -0.25) is 0 Å². The molecule has 4 heteroatoms. The summed E-state index contributed by atoms with van der Waals surface area (Å²) in [6, 6.07) is 5.88. The van der Waals surface area contributed by atoms with Crippen LogP contribution in [0.25, 0.3) is 0 Å². The van der Waals surface area contributed by atoms with Crippen molar-refractivity contribution >= 4 is 22.9 Å². The highest BCUT2D eigenvalue weighted by molar-refractivity contribution is 7.80. The second-order valence-corrected chi connectivity index (χ2v) is 5.75. The third-order valence-corrected chi connectivity index (χ3v) is 3.88. The zero-order chi connectivity index (χ0) is 13.3. The van der Waals surface area contributed by atoms with Crippen LogP contribution in [0.3, 0.4) is 0 Å². The molecule has 3 nitrogen and oxygen atoms in total. The van der Waals surface area contributed by atoms with Crippen molar-refractivity contribution in [2.75, 3.05) is 18.6 Å². The van der Waals surface area contributed by atoms with Crippen LogP contribution in [0, 0.1) is 0 Å². The van der Waals surface area contributed by atoms with Crippen molar-refractivity contribution in [1.82, 2.24) is 0 Å². The molecule has 1 aliphatic rings. The molecule has 0 bridgehead atoms. The fourth-order valence-corrected chi connectivity index (χ4v) is 2.80. The van der Waals surface area contributed by atoms with Crippen LogP contribution >= 0.6 is 12.2 Å². The van der Waals surface area contributed by atoms with Gasteiger partial charge in [-0.15, -0.1) is 0 Å². The quantitative estimate of drug-likeness (QED) is 0.852. The highest BCUT2D eigenvalue weighted by Crippen LogP contribution is 2.37. The maximum atomic E-state index is 5.83. The lowest BCUT2D eigenvalue weighted by molar-refractivity contribution is 0.414. The van der Waals surface area contributed by atoms with Crippen molar-refractivity contribution in [3.05, 3.63) is 23.8 Å². The van der Waals surface area contributed by atoms with Crippen LogP contribution in [-0.2, 0) is 0 Å². The maximum absolute atomic E-state index is 5.83. The number of ether oxygens (including phenoxy) is 1. The first-order valence-electron chi connectivity index (χ1n) is 6.21. The van der Waals surface area contributed by atoms with Crippen molar-refractivity contribution < 1.29 is 4.74 Å². The van der Waals surface area contributed by atoms with E-state index in [1.165, 1.54) is 12.8 Å². The SMILES string of the molecule is COc1ccc(C(N)=S)c(N2CCCC2(C)C)c1. The molecule has 0 aromatic heterocycles. The number of nitrogens with two attached hydrogens (primary N) is 1. The molecular formula is C14H20N2OS. The summed E-state index contributed by atoms with van der Waals surface area (Å²) in [6.45, 7) is 5.54. The van der Waals surface area contributed by atoms with Gasteiger partial charge < -0.3 is 15.4 Å². The fraction of sp³-hybridized carbons (Fsp3) is 0.500. The first-order valence-corrected chi connectivity index (χ1v) is 6.62. The number of thiocarbonyl (C=S) groups is 1. The Kier molecular flexibility index (Phi) is 3.48. The molecular weight excluding hydrogens is 244 g/mol. The van der Waals surface area contributed by atoms with Gasteiger partial charge in [-0.25, -0.2) is 0 Å². The van der Waals surface area contributed by atoms with E-state index in [-0.39, 0.29) is 5.54 Å². The molecule has 1 aliphatic heterocycles. The van der Waals surface area contributed by atoms with Crippen LogP contribution in [-0.4, -0.2) is 24.2 Å². The predicted octanol–water partition coefficient (Wildman–Crippen LogP) is 2.71. The van der Waals surface area contributed by atoms with Crippen LogP contribution in [0.5, 0.6) is 5.75 Å². The summed E-state index contributed by atoms with van der Waals surface area (Å²) in [5, 5.41) is 0. The monoisotopic (exact) mass is 264 g/mol. The second-order valence-electron chi connectivity index (χ2n) is 5.31. The lowest BCUT2D eigenvalue weighted by atomic mass is 10.0. The van der Waals surface area contributed by atoms with Crippen LogP contribution in [0.2, 0.25) is 0 Å². The molecule has 2 N–H and O–H groups in total. The van der Waals surface area contributed by atoms with Gasteiger partial charge >= 0.3 is 0 Å². The normalized spacial score (nSPS) is 17.8. The minimum Gasteiger partial charge on any atom is -0.497 e. The molecule has 0 unspecified atom stereocenters. The predicted molar refractivity (Wildman–Crippen MR) is 79.5 cm³/mol. The molecule has 18 heavy (non-hydrogen) atoms.